The molecule has 1 fully saturated rings. The third-order valence-electron chi connectivity index (χ3n) is 4.41. The summed E-state index contributed by atoms with van der Waals surface area (Å²) in [4.78, 5) is 12.5. The topological polar surface area (TPSA) is 51.9 Å². The van der Waals surface area contributed by atoms with Gasteiger partial charge in [-0.3, -0.25) is 9.48 Å². The smallest absolute Gasteiger partial charge is 0.256 e. The molecule has 0 spiro atoms. The maximum Gasteiger partial charge on any atom is 0.256 e. The highest BCUT2D eigenvalue weighted by atomic mass is 16.1. The molecular weight excluding hydrogens is 264 g/mol. The molecule has 21 heavy (non-hydrogen) atoms. The minimum atomic E-state index is -0.0301. The Morgan fingerprint density at radius 1 is 1.33 bits per heavy atom. The lowest BCUT2D eigenvalue weighted by Crippen LogP contribution is -2.32. The van der Waals surface area contributed by atoms with Crippen LogP contribution < -0.4 is 5.32 Å². The molecule has 112 valence electrons. The Morgan fingerprint density at radius 2 is 2.00 bits per heavy atom. The first kappa shape index (κ1) is 13.9. The van der Waals surface area contributed by atoms with Crippen molar-refractivity contribution in [2.24, 2.45) is 13.0 Å². The average molecular weight is 286 g/mol. The molecule has 0 saturated heterocycles. The third kappa shape index (κ3) is 2.48. The first-order valence-electron chi connectivity index (χ1n) is 7.53. The van der Waals surface area contributed by atoms with E-state index >= 15 is 0 Å². The number of aryl methyl sites for hydroxylation is 3. The van der Waals surface area contributed by atoms with Crippen molar-refractivity contribution in [1.82, 2.24) is 19.7 Å². The molecule has 0 radical (unpaired) electrons. The van der Waals surface area contributed by atoms with Crippen LogP contribution in [0.5, 0.6) is 0 Å². The molecule has 0 aliphatic heterocycles. The Labute approximate surface area is 125 Å². The highest BCUT2D eigenvalue weighted by Crippen LogP contribution is 2.25. The van der Waals surface area contributed by atoms with Crippen molar-refractivity contribution in [1.29, 1.82) is 0 Å². The standard InChI is InChI=1S/C16H22N4O/c1-11-7-8-12(2)20(11)16-14(10-18-19(16)3)15(21)17-9-13-5-4-6-13/h7-8,10,13H,4-6,9H2,1-3H3,(H,17,21). The Kier molecular flexibility index (Phi) is 3.57. The molecule has 3 rings (SSSR count). The van der Waals surface area contributed by atoms with Gasteiger partial charge in [-0.15, -0.1) is 0 Å². The summed E-state index contributed by atoms with van der Waals surface area (Å²) in [7, 11) is 1.87. The van der Waals surface area contributed by atoms with E-state index in [9.17, 15) is 4.79 Å². The zero-order valence-electron chi connectivity index (χ0n) is 12.9. The normalized spacial score (nSPS) is 15.0. The van der Waals surface area contributed by atoms with E-state index in [4.69, 9.17) is 0 Å². The van der Waals surface area contributed by atoms with Crippen LogP contribution in [0.2, 0.25) is 0 Å². The average Bonchev–Trinajstić information content (AvgIpc) is 2.91. The van der Waals surface area contributed by atoms with E-state index < -0.39 is 0 Å². The molecule has 2 aromatic rings. The van der Waals surface area contributed by atoms with Crippen molar-refractivity contribution in [3.05, 3.63) is 35.3 Å². The maximum atomic E-state index is 12.5. The predicted molar refractivity (Wildman–Crippen MR) is 81.7 cm³/mol. The van der Waals surface area contributed by atoms with Crippen LogP contribution in [0.4, 0.5) is 0 Å². The quantitative estimate of drug-likeness (QED) is 0.938. The second kappa shape index (κ2) is 5.39. The van der Waals surface area contributed by atoms with Gasteiger partial charge in [0.05, 0.1) is 6.20 Å². The van der Waals surface area contributed by atoms with Gasteiger partial charge >= 0.3 is 0 Å². The van der Waals surface area contributed by atoms with Crippen LogP contribution >= 0.6 is 0 Å². The number of amides is 1. The Morgan fingerprint density at radius 3 is 2.57 bits per heavy atom. The Hall–Kier alpha value is -2.04. The molecule has 0 unspecified atom stereocenters. The zero-order chi connectivity index (χ0) is 15.0. The van der Waals surface area contributed by atoms with Gasteiger partial charge in [-0.05, 0) is 44.7 Å². The fourth-order valence-corrected chi connectivity index (χ4v) is 2.89. The lowest BCUT2D eigenvalue weighted by molar-refractivity contribution is 0.0939. The summed E-state index contributed by atoms with van der Waals surface area (Å²) < 4.78 is 3.84. The molecule has 0 atom stereocenters. The van der Waals surface area contributed by atoms with Crippen molar-refractivity contribution in [2.75, 3.05) is 6.54 Å². The fourth-order valence-electron chi connectivity index (χ4n) is 2.89. The SMILES string of the molecule is Cc1ccc(C)n1-c1c(C(=O)NCC2CCC2)cnn1C. The number of carbonyl (C=O) groups is 1. The second-order valence-electron chi connectivity index (χ2n) is 5.96. The van der Waals surface area contributed by atoms with Crippen molar-refractivity contribution >= 4 is 5.91 Å². The van der Waals surface area contributed by atoms with Crippen LogP contribution in [0.25, 0.3) is 5.82 Å². The van der Waals surface area contributed by atoms with Gasteiger partial charge in [0.25, 0.3) is 5.91 Å². The summed E-state index contributed by atoms with van der Waals surface area (Å²) in [6.45, 7) is 4.85. The lowest BCUT2D eigenvalue weighted by atomic mass is 9.85. The van der Waals surface area contributed by atoms with E-state index in [1.54, 1.807) is 10.9 Å². The first-order valence-corrected chi connectivity index (χ1v) is 7.53. The molecular formula is C16H22N4O. The van der Waals surface area contributed by atoms with Crippen LogP contribution in [0.15, 0.2) is 18.3 Å². The van der Waals surface area contributed by atoms with E-state index in [1.165, 1.54) is 19.3 Å². The summed E-state index contributed by atoms with van der Waals surface area (Å²) >= 11 is 0. The number of carbonyl (C=O) groups excluding carboxylic acids is 1. The first-order chi connectivity index (χ1) is 10.1. The summed E-state index contributed by atoms with van der Waals surface area (Å²) in [6, 6.07) is 4.11. The van der Waals surface area contributed by atoms with Gasteiger partial charge in [0.15, 0.2) is 0 Å². The maximum absolute atomic E-state index is 12.5. The highest BCUT2D eigenvalue weighted by molar-refractivity contribution is 5.97. The summed E-state index contributed by atoms with van der Waals surface area (Å²) in [5, 5.41) is 7.32. The van der Waals surface area contributed by atoms with Crippen LogP contribution in [-0.4, -0.2) is 26.8 Å². The molecule has 5 heteroatoms. The van der Waals surface area contributed by atoms with E-state index in [1.807, 2.05) is 20.9 Å². The van der Waals surface area contributed by atoms with E-state index in [0.29, 0.717) is 11.5 Å². The van der Waals surface area contributed by atoms with Crippen LogP contribution in [-0.2, 0) is 7.05 Å². The van der Waals surface area contributed by atoms with Crippen molar-refractivity contribution < 1.29 is 4.79 Å². The van der Waals surface area contributed by atoms with E-state index in [0.717, 1.165) is 23.8 Å². The zero-order valence-corrected chi connectivity index (χ0v) is 12.9. The largest absolute Gasteiger partial charge is 0.352 e. The minimum absolute atomic E-state index is 0.0301. The molecule has 2 heterocycles. The van der Waals surface area contributed by atoms with Crippen molar-refractivity contribution in [3.63, 3.8) is 0 Å². The number of rotatable bonds is 4. The van der Waals surface area contributed by atoms with Crippen LogP contribution in [0.1, 0.15) is 41.0 Å². The molecule has 0 bridgehead atoms. The summed E-state index contributed by atoms with van der Waals surface area (Å²) in [6.07, 6.45) is 5.41. The van der Waals surface area contributed by atoms with Gasteiger partial charge in [-0.25, -0.2) is 0 Å². The predicted octanol–water partition coefficient (Wildman–Crippen LogP) is 2.36. The molecule has 1 amide bonds. The molecule has 1 saturated carbocycles. The van der Waals surface area contributed by atoms with Crippen molar-refractivity contribution in [2.45, 2.75) is 33.1 Å². The number of nitrogens with one attached hydrogen (secondary N) is 1. The molecule has 1 aliphatic carbocycles. The number of aromatic nitrogens is 3. The van der Waals surface area contributed by atoms with Gasteiger partial charge in [0.1, 0.15) is 11.4 Å². The van der Waals surface area contributed by atoms with Crippen molar-refractivity contribution in [3.8, 4) is 5.82 Å². The lowest BCUT2D eigenvalue weighted by Gasteiger charge is -2.25. The summed E-state index contributed by atoms with van der Waals surface area (Å²) in [5.74, 6) is 1.46. The second-order valence-corrected chi connectivity index (χ2v) is 5.96. The van der Waals surface area contributed by atoms with Gasteiger partial charge in [-0.2, -0.15) is 5.10 Å². The van der Waals surface area contributed by atoms with Gasteiger partial charge in [0.2, 0.25) is 0 Å². The fraction of sp³-hybridized carbons (Fsp3) is 0.500. The summed E-state index contributed by atoms with van der Waals surface area (Å²) in [5.41, 5.74) is 2.84. The minimum Gasteiger partial charge on any atom is -0.352 e. The molecule has 0 aromatic carbocycles. The monoisotopic (exact) mass is 286 g/mol. The Bertz CT molecular complexity index is 644. The van der Waals surface area contributed by atoms with E-state index in [2.05, 4.69) is 27.1 Å². The third-order valence-corrected chi connectivity index (χ3v) is 4.41. The highest BCUT2D eigenvalue weighted by Gasteiger charge is 2.22. The molecule has 1 aliphatic rings. The van der Waals surface area contributed by atoms with Crippen LogP contribution in [0, 0.1) is 19.8 Å². The van der Waals surface area contributed by atoms with Gasteiger partial charge < -0.3 is 9.88 Å². The Balaban J connectivity index is 1.88. The number of nitrogens with zero attached hydrogens (tertiary/aromatic N) is 3. The molecule has 2 aromatic heterocycles. The molecule has 5 nitrogen and oxygen atoms in total. The van der Waals surface area contributed by atoms with Gasteiger partial charge in [-0.1, -0.05) is 6.42 Å². The number of hydrogen-bond donors (Lipinski definition) is 1. The van der Waals surface area contributed by atoms with Gasteiger partial charge in [0, 0.05) is 25.0 Å². The molecule has 1 N–H and O–H groups in total. The number of hydrogen-bond acceptors (Lipinski definition) is 2. The van der Waals surface area contributed by atoms with Crippen LogP contribution in [0.3, 0.4) is 0 Å². The van der Waals surface area contributed by atoms with E-state index in [-0.39, 0.29) is 5.91 Å².